The van der Waals surface area contributed by atoms with Crippen molar-refractivity contribution in [2.24, 2.45) is 34.2 Å². The van der Waals surface area contributed by atoms with Gasteiger partial charge in [0.25, 0.3) is 0 Å². The maximum absolute atomic E-state index is 13.2. The molecule has 3 saturated carbocycles. The van der Waals surface area contributed by atoms with E-state index in [9.17, 15) is 14.7 Å². The lowest BCUT2D eigenvalue weighted by atomic mass is 9.49. The Balaban J connectivity index is 1.11. The summed E-state index contributed by atoms with van der Waals surface area (Å²) in [4.78, 5) is 34.9. The zero-order valence-electron chi connectivity index (χ0n) is 23.5. The average molecular weight is 549 g/mol. The minimum absolute atomic E-state index is 0.116. The lowest BCUT2D eigenvalue weighted by Crippen LogP contribution is -2.53. The highest BCUT2D eigenvalue weighted by Crippen LogP contribution is 2.66. The predicted octanol–water partition coefficient (Wildman–Crippen LogP) is 6.52. The number of hydrogen-bond acceptors (Lipinski definition) is 5. The Morgan fingerprint density at radius 3 is 2.73 bits per heavy atom. The molecule has 2 aromatic carbocycles. The molecule has 210 valence electrons. The van der Waals surface area contributed by atoms with Crippen molar-refractivity contribution < 1.29 is 14.7 Å². The van der Waals surface area contributed by atoms with Crippen LogP contribution in [0.4, 0.5) is 0 Å². The van der Waals surface area contributed by atoms with Crippen molar-refractivity contribution in [1.82, 2.24) is 4.98 Å². The standard InChI is InChI=1S/C35H36N2O4/c1-3-34-18-16-24-23-15-13-22(20-21(23)12-14-25(24)29(34)17-19-35(34,40)4-2)37-41-33(39)28-10-7-9-27-31(28)36-30-11-6-5-8-26(30)32(27)38/h2,5-11,20,23-25,29,40H,3,12-19H2,1H3,(H,36,38)/b37-22-. The molecular formula is C35H36N2O4. The number of fused-ring (bicyclic) bond motifs is 7. The molecule has 0 saturated heterocycles. The molecule has 0 spiro atoms. The maximum atomic E-state index is 13.2. The lowest BCUT2D eigenvalue weighted by Gasteiger charge is -2.56. The van der Waals surface area contributed by atoms with Crippen LogP contribution < -0.4 is 5.43 Å². The van der Waals surface area contributed by atoms with E-state index in [0.29, 0.717) is 51.0 Å². The van der Waals surface area contributed by atoms with Gasteiger partial charge in [-0.3, -0.25) is 4.79 Å². The van der Waals surface area contributed by atoms with Gasteiger partial charge in [0.2, 0.25) is 0 Å². The quantitative estimate of drug-likeness (QED) is 0.169. The van der Waals surface area contributed by atoms with Crippen LogP contribution >= 0.6 is 0 Å². The molecule has 3 fully saturated rings. The van der Waals surface area contributed by atoms with Crippen LogP contribution in [0.25, 0.3) is 21.8 Å². The van der Waals surface area contributed by atoms with Crippen LogP contribution in [0, 0.1) is 41.4 Å². The number of terminal acetylenes is 1. The summed E-state index contributed by atoms with van der Waals surface area (Å²) >= 11 is 0. The first kappa shape index (κ1) is 26.2. The molecule has 7 rings (SSSR count). The van der Waals surface area contributed by atoms with Crippen LogP contribution in [0.5, 0.6) is 0 Å². The van der Waals surface area contributed by atoms with Crippen molar-refractivity contribution in [2.75, 3.05) is 0 Å². The molecule has 6 atom stereocenters. The Morgan fingerprint density at radius 2 is 1.90 bits per heavy atom. The van der Waals surface area contributed by atoms with Gasteiger partial charge >= 0.3 is 5.97 Å². The number of para-hydroxylation sites is 2. The summed E-state index contributed by atoms with van der Waals surface area (Å²) in [6.07, 6.45) is 16.7. The van der Waals surface area contributed by atoms with Gasteiger partial charge in [-0.2, -0.15) is 0 Å². The summed E-state index contributed by atoms with van der Waals surface area (Å²) < 4.78 is 0. The van der Waals surface area contributed by atoms with Crippen LogP contribution in [0.2, 0.25) is 0 Å². The van der Waals surface area contributed by atoms with Gasteiger partial charge in [0.15, 0.2) is 5.43 Å². The van der Waals surface area contributed by atoms with Crippen molar-refractivity contribution in [1.29, 1.82) is 0 Å². The molecule has 4 aliphatic rings. The van der Waals surface area contributed by atoms with E-state index >= 15 is 0 Å². The zero-order chi connectivity index (χ0) is 28.4. The fourth-order valence-electron chi connectivity index (χ4n) is 9.31. The summed E-state index contributed by atoms with van der Waals surface area (Å²) in [6, 6.07) is 12.4. The number of benzene rings is 2. The summed E-state index contributed by atoms with van der Waals surface area (Å²) in [7, 11) is 0. The SMILES string of the molecule is C#CC1(O)CCC2C3CCC4=C/C(=N\OC(=O)c5cccc6c(=O)c7ccccc7[nH]c56)CCC4C3CCC21CC. The van der Waals surface area contributed by atoms with Crippen molar-refractivity contribution in [3.63, 3.8) is 0 Å². The van der Waals surface area contributed by atoms with Gasteiger partial charge in [-0.1, -0.05) is 41.8 Å². The minimum Gasteiger partial charge on any atom is -0.377 e. The molecule has 6 heteroatoms. The third-order valence-corrected chi connectivity index (χ3v) is 11.2. The molecule has 2 N–H and O–H groups in total. The number of carbonyl (C=O) groups is 1. The maximum Gasteiger partial charge on any atom is 0.367 e. The Hall–Kier alpha value is -3.69. The topological polar surface area (TPSA) is 91.8 Å². The molecule has 41 heavy (non-hydrogen) atoms. The molecule has 6 nitrogen and oxygen atoms in total. The van der Waals surface area contributed by atoms with E-state index in [1.165, 1.54) is 5.57 Å². The van der Waals surface area contributed by atoms with Crippen LogP contribution in [-0.4, -0.2) is 27.4 Å². The molecular weight excluding hydrogens is 512 g/mol. The van der Waals surface area contributed by atoms with E-state index in [-0.39, 0.29) is 10.8 Å². The highest BCUT2D eigenvalue weighted by Gasteiger charge is 2.63. The average Bonchev–Trinajstić information content (AvgIpc) is 3.32. The van der Waals surface area contributed by atoms with E-state index < -0.39 is 11.6 Å². The first-order chi connectivity index (χ1) is 19.9. The summed E-state index contributed by atoms with van der Waals surface area (Å²) in [6.45, 7) is 2.21. The number of aliphatic hydroxyl groups is 1. The fraction of sp³-hybridized carbons (Fsp3) is 0.457. The van der Waals surface area contributed by atoms with Crippen molar-refractivity contribution in [2.45, 2.75) is 70.3 Å². The normalized spacial score (nSPS) is 33.5. The van der Waals surface area contributed by atoms with E-state index in [1.807, 2.05) is 18.2 Å². The van der Waals surface area contributed by atoms with Crippen molar-refractivity contribution in [3.8, 4) is 12.3 Å². The summed E-state index contributed by atoms with van der Waals surface area (Å²) in [5.41, 5.74) is 2.43. The number of aromatic amines is 1. The largest absolute Gasteiger partial charge is 0.377 e. The first-order valence-corrected chi connectivity index (χ1v) is 15.1. The second-order valence-electron chi connectivity index (χ2n) is 12.6. The van der Waals surface area contributed by atoms with Gasteiger partial charge in [0.05, 0.1) is 16.8 Å². The molecule has 6 unspecified atom stereocenters. The van der Waals surface area contributed by atoms with Gasteiger partial charge in [-0.05, 0) is 112 Å². The van der Waals surface area contributed by atoms with Crippen LogP contribution in [-0.2, 0) is 4.84 Å². The number of aromatic nitrogens is 1. The Morgan fingerprint density at radius 1 is 1.07 bits per heavy atom. The number of pyridine rings is 1. The van der Waals surface area contributed by atoms with Crippen molar-refractivity contribution >= 4 is 33.5 Å². The van der Waals surface area contributed by atoms with Gasteiger partial charge in [0.1, 0.15) is 5.60 Å². The highest BCUT2D eigenvalue weighted by atomic mass is 16.7. The number of oxime groups is 1. The van der Waals surface area contributed by atoms with E-state index in [0.717, 1.165) is 63.5 Å². The second kappa shape index (κ2) is 9.70. The molecule has 1 aromatic heterocycles. The highest BCUT2D eigenvalue weighted by molar-refractivity contribution is 6.06. The van der Waals surface area contributed by atoms with E-state index in [2.05, 4.69) is 29.1 Å². The van der Waals surface area contributed by atoms with Crippen LogP contribution in [0.15, 0.2) is 64.1 Å². The van der Waals surface area contributed by atoms with Crippen molar-refractivity contribution in [3.05, 3.63) is 69.9 Å². The zero-order valence-corrected chi connectivity index (χ0v) is 23.5. The van der Waals surface area contributed by atoms with Gasteiger partial charge < -0.3 is 14.9 Å². The Labute approximate surface area is 239 Å². The number of hydrogen-bond donors (Lipinski definition) is 2. The van der Waals surface area contributed by atoms with Gasteiger partial charge in [-0.15, -0.1) is 6.42 Å². The first-order valence-electron chi connectivity index (χ1n) is 15.1. The molecule has 4 aliphatic carbocycles. The third kappa shape index (κ3) is 3.85. The Bertz CT molecular complexity index is 1730. The smallest absolute Gasteiger partial charge is 0.367 e. The van der Waals surface area contributed by atoms with Gasteiger partial charge in [-0.25, -0.2) is 4.79 Å². The monoisotopic (exact) mass is 548 g/mol. The Kier molecular flexibility index (Phi) is 6.21. The molecule has 0 aliphatic heterocycles. The summed E-state index contributed by atoms with van der Waals surface area (Å²) in [5.74, 6) is 4.47. The molecule has 3 aromatic rings. The minimum atomic E-state index is -0.964. The second-order valence-corrected chi connectivity index (χ2v) is 12.6. The predicted molar refractivity (Wildman–Crippen MR) is 160 cm³/mol. The molecule has 0 radical (unpaired) electrons. The van der Waals surface area contributed by atoms with Crippen LogP contribution in [0.3, 0.4) is 0 Å². The number of nitrogens with one attached hydrogen (secondary N) is 1. The number of rotatable bonds is 3. The summed E-state index contributed by atoms with van der Waals surface area (Å²) in [5, 5.41) is 16.7. The van der Waals surface area contributed by atoms with E-state index in [4.69, 9.17) is 11.3 Å². The number of H-pyrrole nitrogens is 1. The number of nitrogens with zero attached hydrogens (tertiary/aromatic N) is 1. The lowest BCUT2D eigenvalue weighted by molar-refractivity contribution is -0.0989. The molecule has 1 heterocycles. The number of allylic oxidation sites excluding steroid dienone is 2. The molecule has 0 bridgehead atoms. The van der Waals surface area contributed by atoms with Gasteiger partial charge in [0, 0.05) is 21.7 Å². The number of carbonyl (C=O) groups excluding carboxylic acids is 1. The third-order valence-electron chi connectivity index (χ3n) is 11.2. The molecule has 0 amide bonds. The van der Waals surface area contributed by atoms with E-state index in [1.54, 1.807) is 24.3 Å². The van der Waals surface area contributed by atoms with Crippen LogP contribution in [0.1, 0.15) is 75.1 Å². The fourth-order valence-corrected chi connectivity index (χ4v) is 9.31.